The van der Waals surface area contributed by atoms with Crippen molar-refractivity contribution in [3.63, 3.8) is 0 Å². The third-order valence-electron chi connectivity index (χ3n) is 1.93. The Labute approximate surface area is 105 Å². The number of pyridine rings is 1. The van der Waals surface area contributed by atoms with Crippen LogP contribution in [-0.4, -0.2) is 31.2 Å². The number of aromatic amines is 1. The Hall–Kier alpha value is -2.32. The van der Waals surface area contributed by atoms with E-state index in [9.17, 15) is 22.8 Å². The van der Waals surface area contributed by atoms with Gasteiger partial charge in [-0.15, -0.1) is 0 Å². The molecule has 1 heterocycles. The first-order valence-electron chi connectivity index (χ1n) is 5.06. The van der Waals surface area contributed by atoms with E-state index in [4.69, 9.17) is 5.73 Å². The van der Waals surface area contributed by atoms with E-state index in [1.165, 1.54) is 18.3 Å². The highest BCUT2D eigenvalue weighted by Crippen LogP contribution is 2.12. The summed E-state index contributed by atoms with van der Waals surface area (Å²) >= 11 is 0. The van der Waals surface area contributed by atoms with Gasteiger partial charge in [-0.25, -0.2) is 9.78 Å². The van der Waals surface area contributed by atoms with Gasteiger partial charge >= 0.3 is 12.1 Å². The molecule has 0 aliphatic rings. The van der Waals surface area contributed by atoms with Crippen molar-refractivity contribution in [3.8, 4) is 0 Å². The number of esters is 1. The van der Waals surface area contributed by atoms with Gasteiger partial charge in [0.05, 0.1) is 6.20 Å². The number of hydrogen-bond acceptors (Lipinski definition) is 4. The molecule has 104 valence electrons. The molecule has 4 N–H and O–H groups in total. The number of H-pyrrole nitrogens is 1. The molecule has 1 rings (SSSR count). The number of carbonyl (C=O) groups is 2. The van der Waals surface area contributed by atoms with E-state index in [0.717, 1.165) is 0 Å². The lowest BCUT2D eigenvalue weighted by atomic mass is 10.2. The first-order valence-corrected chi connectivity index (χ1v) is 5.06. The Balaban J connectivity index is 2.43. The maximum absolute atomic E-state index is 11.8. The lowest BCUT2D eigenvalue weighted by molar-refractivity contribution is -0.360. The first kappa shape index (κ1) is 14.7. The van der Waals surface area contributed by atoms with Crippen LogP contribution in [0.3, 0.4) is 0 Å². The van der Waals surface area contributed by atoms with Gasteiger partial charge in [-0.2, -0.15) is 13.2 Å². The number of alkyl halides is 3. The minimum atomic E-state index is -4.52. The Bertz CT molecular complexity index is 477. The molecule has 9 heteroatoms. The van der Waals surface area contributed by atoms with Crippen LogP contribution in [0.25, 0.3) is 0 Å². The Morgan fingerprint density at radius 1 is 1.42 bits per heavy atom. The molecule has 0 aromatic carbocycles. The van der Waals surface area contributed by atoms with Crippen LogP contribution in [0, 0.1) is 0 Å². The number of nitrogen functional groups attached to an aromatic ring is 1. The average Bonchev–Trinajstić information content (AvgIpc) is 2.33. The fourth-order valence-electron chi connectivity index (χ4n) is 1.09. The first-order chi connectivity index (χ1) is 8.79. The predicted octanol–water partition coefficient (Wildman–Crippen LogP) is -0.0818. The molecule has 0 aliphatic heterocycles. The summed E-state index contributed by atoms with van der Waals surface area (Å²) in [4.78, 5) is 25.0. The number of anilines is 1. The lowest BCUT2D eigenvalue weighted by Gasteiger charge is -2.08. The second kappa shape index (κ2) is 6.03. The van der Waals surface area contributed by atoms with E-state index in [0.29, 0.717) is 0 Å². The zero-order valence-corrected chi connectivity index (χ0v) is 9.58. The number of amides is 1. The fourth-order valence-corrected chi connectivity index (χ4v) is 1.09. The van der Waals surface area contributed by atoms with Crippen LogP contribution in [-0.2, 0) is 9.53 Å². The molecule has 0 unspecified atom stereocenters. The van der Waals surface area contributed by atoms with Crippen LogP contribution >= 0.6 is 0 Å². The molecule has 1 aromatic heterocycles. The molecular weight excluding hydrogens is 267 g/mol. The van der Waals surface area contributed by atoms with Gasteiger partial charge in [0.2, 0.25) is 0 Å². The molecule has 1 amide bonds. The van der Waals surface area contributed by atoms with E-state index in [-0.39, 0.29) is 11.4 Å². The monoisotopic (exact) mass is 278 g/mol. The van der Waals surface area contributed by atoms with Gasteiger partial charge in [0.15, 0.2) is 6.61 Å². The smallest absolute Gasteiger partial charge is 0.405 e. The topological polar surface area (TPSA) is 95.6 Å². The van der Waals surface area contributed by atoms with Crippen LogP contribution in [0.4, 0.5) is 19.0 Å². The second-order valence-electron chi connectivity index (χ2n) is 3.47. The summed E-state index contributed by atoms with van der Waals surface area (Å²) < 4.78 is 39.9. The Morgan fingerprint density at radius 2 is 2.11 bits per heavy atom. The standard InChI is InChI=1S/C10H10F3N3O3/c11-10(12,13)5-16-7(17)4-19-9(18)6-2-1-3-15-8(6)14/h1-3H,4-5H2,(H2,14,15)(H,16,17)/p+1. The molecule has 6 nitrogen and oxygen atoms in total. The fraction of sp³-hybridized carbons (Fsp3) is 0.300. The summed E-state index contributed by atoms with van der Waals surface area (Å²) in [6.07, 6.45) is -3.04. The molecular formula is C10H11F3N3O3+. The summed E-state index contributed by atoms with van der Waals surface area (Å²) in [5.74, 6) is -1.93. The minimum absolute atomic E-state index is 0.00822. The van der Waals surface area contributed by atoms with E-state index < -0.39 is 31.2 Å². The van der Waals surface area contributed by atoms with Crippen LogP contribution in [0.2, 0.25) is 0 Å². The summed E-state index contributed by atoms with van der Waals surface area (Å²) in [6, 6.07) is 2.83. The largest absolute Gasteiger partial charge is 0.452 e. The maximum Gasteiger partial charge on any atom is 0.405 e. The number of rotatable bonds is 4. The van der Waals surface area contributed by atoms with Crippen LogP contribution < -0.4 is 16.0 Å². The molecule has 0 saturated heterocycles. The highest BCUT2D eigenvalue weighted by Gasteiger charge is 2.28. The molecule has 0 atom stereocenters. The summed E-state index contributed by atoms with van der Waals surface area (Å²) in [5.41, 5.74) is 5.43. The summed E-state index contributed by atoms with van der Waals surface area (Å²) in [6.45, 7) is -2.30. The van der Waals surface area contributed by atoms with Gasteiger partial charge in [0.1, 0.15) is 12.1 Å². The average molecular weight is 278 g/mol. The Kier molecular flexibility index (Phi) is 4.67. The van der Waals surface area contributed by atoms with Gasteiger partial charge in [-0.05, 0) is 12.1 Å². The van der Waals surface area contributed by atoms with Gasteiger partial charge in [-0.3, -0.25) is 10.5 Å². The highest BCUT2D eigenvalue weighted by molar-refractivity contribution is 5.94. The van der Waals surface area contributed by atoms with Crippen LogP contribution in [0.5, 0.6) is 0 Å². The summed E-state index contributed by atoms with van der Waals surface area (Å²) in [5, 5.41) is 1.56. The molecule has 1 aromatic rings. The zero-order valence-electron chi connectivity index (χ0n) is 9.58. The van der Waals surface area contributed by atoms with Gasteiger partial charge < -0.3 is 10.1 Å². The van der Waals surface area contributed by atoms with E-state index in [1.54, 1.807) is 5.32 Å². The number of halogens is 3. The van der Waals surface area contributed by atoms with Crippen LogP contribution in [0.15, 0.2) is 18.3 Å². The van der Waals surface area contributed by atoms with Crippen molar-refractivity contribution in [2.45, 2.75) is 6.18 Å². The lowest BCUT2D eigenvalue weighted by Crippen LogP contribution is -2.36. The Morgan fingerprint density at radius 3 is 2.68 bits per heavy atom. The summed E-state index contributed by atoms with van der Waals surface area (Å²) in [7, 11) is 0. The van der Waals surface area contributed by atoms with Gasteiger partial charge in [0, 0.05) is 0 Å². The minimum Gasteiger partial charge on any atom is -0.452 e. The van der Waals surface area contributed by atoms with Crippen LogP contribution in [0.1, 0.15) is 10.4 Å². The third-order valence-corrected chi connectivity index (χ3v) is 1.93. The molecule has 0 radical (unpaired) electrons. The number of aromatic nitrogens is 1. The van der Waals surface area contributed by atoms with Gasteiger partial charge in [-0.1, -0.05) is 0 Å². The maximum atomic E-state index is 11.8. The van der Waals surface area contributed by atoms with Crippen molar-refractivity contribution < 1.29 is 32.5 Å². The number of ether oxygens (including phenoxy) is 1. The van der Waals surface area contributed by atoms with E-state index >= 15 is 0 Å². The number of hydrogen-bond donors (Lipinski definition) is 2. The van der Waals surface area contributed by atoms with Crippen molar-refractivity contribution >= 4 is 17.7 Å². The zero-order chi connectivity index (χ0) is 14.5. The number of nitrogens with one attached hydrogen (secondary N) is 2. The van der Waals surface area contributed by atoms with Crippen molar-refractivity contribution in [3.05, 3.63) is 23.9 Å². The second-order valence-corrected chi connectivity index (χ2v) is 3.47. The number of carbonyl (C=O) groups excluding carboxylic acids is 2. The number of nitrogens with two attached hydrogens (primary N) is 1. The van der Waals surface area contributed by atoms with Gasteiger partial charge in [0.25, 0.3) is 11.7 Å². The van der Waals surface area contributed by atoms with Crippen molar-refractivity contribution in [1.82, 2.24) is 5.32 Å². The third kappa shape index (κ3) is 5.23. The molecule has 0 aliphatic carbocycles. The van der Waals surface area contributed by atoms with E-state index in [1.807, 2.05) is 0 Å². The molecule has 0 saturated carbocycles. The predicted molar refractivity (Wildman–Crippen MR) is 56.8 cm³/mol. The molecule has 0 fully saturated rings. The van der Waals surface area contributed by atoms with E-state index in [2.05, 4.69) is 9.72 Å². The normalized spacial score (nSPS) is 10.9. The molecule has 0 bridgehead atoms. The van der Waals surface area contributed by atoms with Crippen molar-refractivity contribution in [2.24, 2.45) is 0 Å². The SMILES string of the molecule is Nc1[nH+]cccc1C(=O)OCC(=O)NCC(F)(F)F. The van der Waals surface area contributed by atoms with Crippen molar-refractivity contribution in [1.29, 1.82) is 0 Å². The molecule has 19 heavy (non-hydrogen) atoms. The quantitative estimate of drug-likeness (QED) is 0.753. The molecule has 0 spiro atoms. The van der Waals surface area contributed by atoms with Crippen molar-refractivity contribution in [2.75, 3.05) is 18.9 Å². The highest BCUT2D eigenvalue weighted by atomic mass is 19.4.